The molecule has 0 bridgehead atoms. The fourth-order valence-corrected chi connectivity index (χ4v) is 0.393. The van der Waals surface area contributed by atoms with Crippen molar-refractivity contribution in [2.45, 2.75) is 13.8 Å². The Labute approximate surface area is 49.7 Å². The minimum atomic E-state index is 0.677. The van der Waals surface area contributed by atoms with Crippen molar-refractivity contribution in [1.29, 1.82) is 5.41 Å². The summed E-state index contributed by atoms with van der Waals surface area (Å²) in [6.07, 6.45) is 2.83. The summed E-state index contributed by atoms with van der Waals surface area (Å²) >= 11 is 0. The van der Waals surface area contributed by atoms with Crippen LogP contribution in [-0.2, 0) is 4.74 Å². The SMILES string of the molecule is CCO/C(C)=C/C=N. The molecule has 1 N–H and O–H groups in total. The Hall–Kier alpha value is -0.790. The van der Waals surface area contributed by atoms with Gasteiger partial charge < -0.3 is 10.1 Å². The van der Waals surface area contributed by atoms with Crippen LogP contribution in [0.25, 0.3) is 0 Å². The van der Waals surface area contributed by atoms with Gasteiger partial charge in [-0.15, -0.1) is 0 Å². The molecule has 0 aromatic heterocycles. The van der Waals surface area contributed by atoms with Crippen LogP contribution in [0.15, 0.2) is 11.8 Å². The van der Waals surface area contributed by atoms with Crippen LogP contribution in [0.5, 0.6) is 0 Å². The van der Waals surface area contributed by atoms with E-state index in [1.807, 2.05) is 13.8 Å². The third-order valence-corrected chi connectivity index (χ3v) is 0.690. The van der Waals surface area contributed by atoms with Gasteiger partial charge in [-0.3, -0.25) is 0 Å². The van der Waals surface area contributed by atoms with Gasteiger partial charge in [0.05, 0.1) is 12.4 Å². The zero-order valence-electron chi connectivity index (χ0n) is 5.27. The molecule has 2 heteroatoms. The van der Waals surface area contributed by atoms with Crippen molar-refractivity contribution >= 4 is 6.21 Å². The van der Waals surface area contributed by atoms with Crippen LogP contribution in [0.4, 0.5) is 0 Å². The van der Waals surface area contributed by atoms with Gasteiger partial charge in [-0.2, -0.15) is 0 Å². The molecule has 8 heavy (non-hydrogen) atoms. The molecule has 0 unspecified atom stereocenters. The second-order valence-corrected chi connectivity index (χ2v) is 1.38. The van der Waals surface area contributed by atoms with E-state index in [1.54, 1.807) is 6.08 Å². The molecule has 0 saturated carbocycles. The van der Waals surface area contributed by atoms with E-state index in [2.05, 4.69) is 0 Å². The predicted octanol–water partition coefficient (Wildman–Crippen LogP) is 1.58. The Morgan fingerprint density at radius 2 is 2.38 bits per heavy atom. The molecular weight excluding hydrogens is 102 g/mol. The van der Waals surface area contributed by atoms with Crippen LogP contribution in [0.3, 0.4) is 0 Å². The van der Waals surface area contributed by atoms with Crippen LogP contribution in [0.1, 0.15) is 13.8 Å². The van der Waals surface area contributed by atoms with E-state index in [9.17, 15) is 0 Å². The van der Waals surface area contributed by atoms with Crippen molar-refractivity contribution in [3.05, 3.63) is 11.8 Å². The summed E-state index contributed by atoms with van der Waals surface area (Å²) in [5.74, 6) is 0.794. The van der Waals surface area contributed by atoms with Crippen molar-refractivity contribution in [3.8, 4) is 0 Å². The Kier molecular flexibility index (Phi) is 3.94. The van der Waals surface area contributed by atoms with Gasteiger partial charge in [0.1, 0.15) is 0 Å². The lowest BCUT2D eigenvalue weighted by Gasteiger charge is -1.98. The van der Waals surface area contributed by atoms with Crippen molar-refractivity contribution in [2.24, 2.45) is 0 Å². The molecule has 0 amide bonds. The van der Waals surface area contributed by atoms with Crippen LogP contribution in [0.2, 0.25) is 0 Å². The van der Waals surface area contributed by atoms with Crippen LogP contribution >= 0.6 is 0 Å². The van der Waals surface area contributed by atoms with Gasteiger partial charge in [-0.05, 0) is 19.9 Å². The first kappa shape index (κ1) is 7.21. The van der Waals surface area contributed by atoms with Gasteiger partial charge in [0.15, 0.2) is 0 Å². The Bertz CT molecular complexity index is 96.7. The summed E-state index contributed by atoms with van der Waals surface area (Å²) in [4.78, 5) is 0. The molecule has 46 valence electrons. The first-order valence-electron chi connectivity index (χ1n) is 2.61. The minimum absolute atomic E-state index is 0.677. The number of allylic oxidation sites excluding steroid dienone is 2. The highest BCUT2D eigenvalue weighted by molar-refractivity contribution is 5.68. The normalized spacial score (nSPS) is 11.0. The second kappa shape index (κ2) is 4.37. The summed E-state index contributed by atoms with van der Waals surface area (Å²) in [5.41, 5.74) is 0. The van der Waals surface area contributed by atoms with Crippen molar-refractivity contribution in [3.63, 3.8) is 0 Å². The van der Waals surface area contributed by atoms with E-state index < -0.39 is 0 Å². The van der Waals surface area contributed by atoms with Gasteiger partial charge in [0.25, 0.3) is 0 Å². The molecule has 2 nitrogen and oxygen atoms in total. The number of rotatable bonds is 3. The highest BCUT2D eigenvalue weighted by Crippen LogP contribution is 1.90. The number of ether oxygens (including phenoxy) is 1. The molecule has 0 radical (unpaired) electrons. The van der Waals surface area contributed by atoms with E-state index in [0.29, 0.717) is 6.61 Å². The van der Waals surface area contributed by atoms with Crippen molar-refractivity contribution < 1.29 is 4.74 Å². The molecule has 0 saturated heterocycles. The molecule has 0 heterocycles. The highest BCUT2D eigenvalue weighted by atomic mass is 16.5. The maximum Gasteiger partial charge on any atom is 0.0943 e. The Balaban J connectivity index is 3.44. The highest BCUT2D eigenvalue weighted by Gasteiger charge is 1.79. The summed E-state index contributed by atoms with van der Waals surface area (Å²) in [6.45, 7) is 4.42. The second-order valence-electron chi connectivity index (χ2n) is 1.38. The summed E-state index contributed by atoms with van der Waals surface area (Å²) in [7, 11) is 0. The van der Waals surface area contributed by atoms with Gasteiger partial charge in [0.2, 0.25) is 0 Å². The first-order valence-corrected chi connectivity index (χ1v) is 2.61. The van der Waals surface area contributed by atoms with E-state index in [4.69, 9.17) is 10.1 Å². The number of hydrogen-bond donors (Lipinski definition) is 1. The largest absolute Gasteiger partial charge is 0.498 e. The molecule has 0 spiro atoms. The van der Waals surface area contributed by atoms with E-state index in [1.165, 1.54) is 6.21 Å². The number of hydrogen-bond acceptors (Lipinski definition) is 2. The maximum absolute atomic E-state index is 6.63. The molecule has 0 rings (SSSR count). The van der Waals surface area contributed by atoms with Crippen LogP contribution < -0.4 is 0 Å². The monoisotopic (exact) mass is 113 g/mol. The topological polar surface area (TPSA) is 33.1 Å². The summed E-state index contributed by atoms with van der Waals surface area (Å²) < 4.78 is 4.99. The number of nitrogens with one attached hydrogen (secondary N) is 1. The molecule has 0 aromatic rings. The molecule has 0 aliphatic heterocycles. The minimum Gasteiger partial charge on any atom is -0.498 e. The smallest absolute Gasteiger partial charge is 0.0943 e. The zero-order valence-corrected chi connectivity index (χ0v) is 5.27. The van der Waals surface area contributed by atoms with Gasteiger partial charge in [0, 0.05) is 6.21 Å². The Morgan fingerprint density at radius 1 is 1.75 bits per heavy atom. The lowest BCUT2D eigenvalue weighted by molar-refractivity contribution is 0.232. The third-order valence-electron chi connectivity index (χ3n) is 0.690. The van der Waals surface area contributed by atoms with Gasteiger partial charge >= 0.3 is 0 Å². The molecule has 0 fully saturated rings. The quantitative estimate of drug-likeness (QED) is 0.437. The van der Waals surface area contributed by atoms with E-state index in [0.717, 1.165) is 5.76 Å². The van der Waals surface area contributed by atoms with Crippen LogP contribution in [-0.4, -0.2) is 12.8 Å². The molecular formula is C6H11NO. The maximum atomic E-state index is 6.63. The molecule has 0 aliphatic carbocycles. The lowest BCUT2D eigenvalue weighted by atomic mass is 10.5. The molecule has 0 aromatic carbocycles. The average molecular weight is 113 g/mol. The predicted molar refractivity (Wildman–Crippen MR) is 34.2 cm³/mol. The van der Waals surface area contributed by atoms with Gasteiger partial charge in [-0.1, -0.05) is 0 Å². The average Bonchev–Trinajstić information content (AvgIpc) is 1.68. The van der Waals surface area contributed by atoms with E-state index in [-0.39, 0.29) is 0 Å². The first-order chi connectivity index (χ1) is 3.81. The summed E-state index contributed by atoms with van der Waals surface area (Å²) in [5, 5.41) is 6.63. The third kappa shape index (κ3) is 3.40. The fraction of sp³-hybridized carbons (Fsp3) is 0.500. The zero-order chi connectivity index (χ0) is 6.41. The Morgan fingerprint density at radius 3 is 2.75 bits per heavy atom. The standard InChI is InChI=1S/C6H11NO/c1-3-8-6(2)4-5-7/h4-5,7H,3H2,1-2H3/b6-4+,7-5?. The molecule has 0 aliphatic rings. The van der Waals surface area contributed by atoms with E-state index >= 15 is 0 Å². The van der Waals surface area contributed by atoms with Crippen molar-refractivity contribution in [1.82, 2.24) is 0 Å². The van der Waals surface area contributed by atoms with Crippen molar-refractivity contribution in [2.75, 3.05) is 6.61 Å². The lowest BCUT2D eigenvalue weighted by Crippen LogP contribution is -1.85. The fourth-order valence-electron chi connectivity index (χ4n) is 0.393. The molecule has 0 atom stereocenters. The van der Waals surface area contributed by atoms with Crippen LogP contribution in [0, 0.1) is 5.41 Å². The summed E-state index contributed by atoms with van der Waals surface area (Å²) in [6, 6.07) is 0. The van der Waals surface area contributed by atoms with Gasteiger partial charge in [-0.25, -0.2) is 0 Å².